The molecule has 9 rings (SSSR count). The van der Waals surface area contributed by atoms with Crippen LogP contribution in [0.3, 0.4) is 0 Å². The van der Waals surface area contributed by atoms with Crippen LogP contribution in [0.2, 0.25) is 0 Å². The second kappa shape index (κ2) is 18.3. The van der Waals surface area contributed by atoms with Gasteiger partial charge in [0, 0.05) is 54.4 Å². The van der Waals surface area contributed by atoms with Crippen molar-refractivity contribution < 1.29 is 38.1 Å². The van der Waals surface area contributed by atoms with Crippen molar-refractivity contribution in [3.05, 3.63) is 170 Å². The lowest BCUT2D eigenvalue weighted by Crippen LogP contribution is -2.52. The summed E-state index contributed by atoms with van der Waals surface area (Å²) in [5.74, 6) is -1.14. The van der Waals surface area contributed by atoms with E-state index in [1.165, 1.54) is 16.7 Å². The lowest BCUT2D eigenvalue weighted by atomic mass is 9.72. The monoisotopic (exact) mass is 836 g/mol. The third kappa shape index (κ3) is 9.06. The number of fused-ring (bicyclic) bond motifs is 11. The van der Waals surface area contributed by atoms with E-state index in [4.69, 9.17) is 23.4 Å². The normalized spacial score (nSPS) is 22.7. The van der Waals surface area contributed by atoms with Crippen molar-refractivity contribution in [1.29, 1.82) is 0 Å². The molecule has 322 valence electrons. The van der Waals surface area contributed by atoms with Gasteiger partial charge in [-0.1, -0.05) is 96.6 Å². The predicted molar refractivity (Wildman–Crippen MR) is 238 cm³/mol. The van der Waals surface area contributed by atoms with Crippen LogP contribution in [0.5, 0.6) is 5.75 Å². The van der Waals surface area contributed by atoms with Gasteiger partial charge in [-0.15, -0.1) is 0 Å². The first-order valence-corrected chi connectivity index (χ1v) is 21.8. The highest BCUT2D eigenvalue weighted by Gasteiger charge is 2.51. The Kier molecular flexibility index (Phi) is 12.7. The fourth-order valence-corrected chi connectivity index (χ4v) is 9.61. The van der Waals surface area contributed by atoms with E-state index in [0.29, 0.717) is 53.5 Å². The number of carbonyl (C=O) groups excluding carboxylic acids is 2. The standard InChI is InChI=1S/C53H56O9/c1-32(2)42-21-16-33-14-17-36(18-15-33)43-22-19-38(37-13-9-12-35(27-37)26-34-10-7-6-8-11-34)28-41(43)30-46(55)59-49-47-45(62-53(3,4)50(49)61-51(42)56)23-20-39-29-44(52(57)60-48(39)47)40(24-25-54)31-58-5/h6-15,17-20,22-23,27,29,38,40-41,43,49-50,54H,16,21,24-26,28,30-31H2,1-5H3/t38-,40-,41+,43-,49+,50+/m1/s1. The maximum absolute atomic E-state index is 14.7. The molecule has 0 saturated carbocycles. The third-order valence-electron chi connectivity index (χ3n) is 12.9. The number of hydrogen-bond donors (Lipinski definition) is 1. The van der Waals surface area contributed by atoms with Crippen molar-refractivity contribution in [2.75, 3.05) is 20.3 Å². The number of aliphatic hydroxyl groups is 1. The van der Waals surface area contributed by atoms with Crippen molar-refractivity contribution in [1.82, 2.24) is 0 Å². The van der Waals surface area contributed by atoms with Crippen molar-refractivity contribution in [3.8, 4) is 5.75 Å². The molecule has 1 N–H and O–H groups in total. The SMILES string of the molecule is COC[C@@H](CCO)c1cc2ccc3c(c2oc1=O)[C@@H]1OC(=O)C[C@@H]2C[C@H](c4cccc(Cc5ccccc5)c4)C=C[C@@H]2c2ccc(cc2)CCC(=C(C)C)C(=O)O[C@@H]1C(C)(C)O3. The third-order valence-corrected chi connectivity index (χ3v) is 12.9. The van der Waals surface area contributed by atoms with E-state index < -0.39 is 41.3 Å². The summed E-state index contributed by atoms with van der Waals surface area (Å²) in [6.07, 6.45) is 5.25. The molecular formula is C53H56O9. The second-order valence-electron chi connectivity index (χ2n) is 17.8. The van der Waals surface area contributed by atoms with E-state index in [1.807, 2.05) is 33.8 Å². The zero-order chi connectivity index (χ0) is 43.5. The van der Waals surface area contributed by atoms with Crippen molar-refractivity contribution in [2.45, 2.75) is 102 Å². The minimum Gasteiger partial charge on any atom is -0.483 e. The summed E-state index contributed by atoms with van der Waals surface area (Å²) < 4.78 is 31.2. The molecule has 0 unspecified atom stereocenters. The Morgan fingerprint density at radius 1 is 0.855 bits per heavy atom. The molecule has 62 heavy (non-hydrogen) atoms. The Labute approximate surface area is 363 Å². The van der Waals surface area contributed by atoms with Gasteiger partial charge in [0.25, 0.3) is 0 Å². The van der Waals surface area contributed by atoms with Gasteiger partial charge < -0.3 is 28.5 Å². The fourth-order valence-electron chi connectivity index (χ4n) is 9.61. The number of aliphatic hydroxyl groups excluding tert-OH is 1. The molecular weight excluding hydrogens is 781 g/mol. The lowest BCUT2D eigenvalue weighted by Gasteiger charge is -2.43. The fraction of sp³-hybridized carbons (Fsp3) is 0.377. The molecule has 0 saturated heterocycles. The Bertz CT molecular complexity index is 2540. The van der Waals surface area contributed by atoms with Crippen LogP contribution in [0.15, 0.2) is 130 Å². The highest BCUT2D eigenvalue weighted by Crippen LogP contribution is 2.48. The molecule has 1 aliphatic carbocycles. The van der Waals surface area contributed by atoms with E-state index in [1.54, 1.807) is 25.3 Å². The van der Waals surface area contributed by atoms with Crippen LogP contribution < -0.4 is 10.4 Å². The summed E-state index contributed by atoms with van der Waals surface area (Å²) in [5.41, 5.74) is 6.32. The van der Waals surface area contributed by atoms with E-state index >= 15 is 0 Å². The molecule has 9 nitrogen and oxygen atoms in total. The molecule has 4 aliphatic rings. The summed E-state index contributed by atoms with van der Waals surface area (Å²) in [7, 11) is 1.54. The van der Waals surface area contributed by atoms with E-state index in [0.717, 1.165) is 23.1 Å². The maximum Gasteiger partial charge on any atom is 0.339 e. The zero-order valence-corrected chi connectivity index (χ0v) is 36.2. The average molecular weight is 837 g/mol. The molecule has 0 fully saturated rings. The van der Waals surface area contributed by atoms with Gasteiger partial charge in [-0.05, 0) is 112 Å². The van der Waals surface area contributed by atoms with Gasteiger partial charge in [0.2, 0.25) is 0 Å². The van der Waals surface area contributed by atoms with Crippen molar-refractivity contribution in [3.63, 3.8) is 0 Å². The van der Waals surface area contributed by atoms with Gasteiger partial charge in [0.15, 0.2) is 12.2 Å². The lowest BCUT2D eigenvalue weighted by molar-refractivity contribution is -0.188. The van der Waals surface area contributed by atoms with Crippen LogP contribution in [-0.4, -0.2) is 49.1 Å². The number of esters is 2. The number of allylic oxidation sites excluding steroid dienone is 3. The minimum atomic E-state index is -1.18. The largest absolute Gasteiger partial charge is 0.483 e. The molecule has 0 amide bonds. The van der Waals surface area contributed by atoms with Crippen LogP contribution in [0, 0.1) is 5.92 Å². The number of ether oxygens (including phenoxy) is 4. The van der Waals surface area contributed by atoms with Gasteiger partial charge in [-0.3, -0.25) is 4.79 Å². The number of methoxy groups -OCH3 is 1. The first-order chi connectivity index (χ1) is 29.9. The van der Waals surface area contributed by atoms with Gasteiger partial charge >= 0.3 is 17.6 Å². The first-order valence-electron chi connectivity index (χ1n) is 21.8. The first kappa shape index (κ1) is 42.9. The molecule has 9 heteroatoms. The minimum absolute atomic E-state index is 0.0510. The van der Waals surface area contributed by atoms with E-state index in [9.17, 15) is 19.5 Å². The molecule has 1 aromatic heterocycles. The Hall–Kier alpha value is -5.77. The quantitative estimate of drug-likeness (QED) is 0.0705. The smallest absolute Gasteiger partial charge is 0.339 e. The Morgan fingerprint density at radius 3 is 2.37 bits per heavy atom. The molecule has 0 radical (unpaired) electrons. The summed E-state index contributed by atoms with van der Waals surface area (Å²) >= 11 is 0. The molecule has 5 aromatic rings. The average Bonchev–Trinajstić information content (AvgIpc) is 3.24. The van der Waals surface area contributed by atoms with Crippen molar-refractivity contribution in [2.24, 2.45) is 5.92 Å². The molecule has 2 bridgehead atoms. The van der Waals surface area contributed by atoms with Crippen LogP contribution in [0.4, 0.5) is 0 Å². The number of hydrogen-bond acceptors (Lipinski definition) is 9. The maximum atomic E-state index is 14.7. The number of aryl methyl sites for hydroxylation is 1. The van der Waals surface area contributed by atoms with Gasteiger partial charge in [-0.2, -0.15) is 0 Å². The summed E-state index contributed by atoms with van der Waals surface area (Å²) in [4.78, 5) is 42.8. The topological polar surface area (TPSA) is 122 Å². The van der Waals surface area contributed by atoms with Crippen LogP contribution >= 0.6 is 0 Å². The molecule has 4 heterocycles. The Morgan fingerprint density at radius 2 is 1.63 bits per heavy atom. The highest BCUT2D eigenvalue weighted by atomic mass is 16.6. The number of carbonyl (C=O) groups is 2. The molecule has 0 spiro atoms. The van der Waals surface area contributed by atoms with Crippen LogP contribution in [0.25, 0.3) is 11.0 Å². The van der Waals surface area contributed by atoms with Gasteiger partial charge in [-0.25, -0.2) is 9.59 Å². The van der Waals surface area contributed by atoms with Crippen molar-refractivity contribution >= 4 is 22.9 Å². The molecule has 4 aromatic carbocycles. The van der Waals surface area contributed by atoms with Gasteiger partial charge in [0.1, 0.15) is 16.9 Å². The predicted octanol–water partition coefficient (Wildman–Crippen LogP) is 9.98. The van der Waals surface area contributed by atoms with Crippen LogP contribution in [0.1, 0.15) is 116 Å². The summed E-state index contributed by atoms with van der Waals surface area (Å²) in [6.45, 7) is 7.48. The summed E-state index contributed by atoms with van der Waals surface area (Å²) in [6, 6.07) is 33.0. The summed E-state index contributed by atoms with van der Waals surface area (Å²) in [5, 5.41) is 10.3. The second-order valence-corrected chi connectivity index (χ2v) is 17.8. The molecule has 6 atom stereocenters. The zero-order valence-electron chi connectivity index (χ0n) is 36.2. The highest BCUT2D eigenvalue weighted by molar-refractivity contribution is 5.90. The van der Waals surface area contributed by atoms with Gasteiger partial charge in [0.05, 0.1) is 12.2 Å². The number of benzene rings is 4. The van der Waals surface area contributed by atoms with E-state index in [2.05, 4.69) is 84.9 Å². The molecule has 3 aliphatic heterocycles. The van der Waals surface area contributed by atoms with E-state index in [-0.39, 0.29) is 43.0 Å². The number of rotatable bonds is 8. The van der Waals surface area contributed by atoms with Crippen LogP contribution in [-0.2, 0) is 36.6 Å². The Balaban J connectivity index is 1.20.